The van der Waals surface area contributed by atoms with Crippen molar-refractivity contribution >= 4 is 11.6 Å². The van der Waals surface area contributed by atoms with Gasteiger partial charge < -0.3 is 4.52 Å². The van der Waals surface area contributed by atoms with Crippen LogP contribution in [0.5, 0.6) is 0 Å². The van der Waals surface area contributed by atoms with Crippen molar-refractivity contribution in [2.24, 2.45) is 0 Å². The van der Waals surface area contributed by atoms with E-state index in [1.165, 1.54) is 12.1 Å². The van der Waals surface area contributed by atoms with Gasteiger partial charge >= 0.3 is 0 Å². The van der Waals surface area contributed by atoms with Crippen molar-refractivity contribution in [2.75, 3.05) is 0 Å². The molecule has 0 unspecified atom stereocenters. The molecule has 80 valence electrons. The Labute approximate surface area is 95.3 Å². The van der Waals surface area contributed by atoms with Crippen molar-refractivity contribution in [3.05, 3.63) is 35.4 Å². The number of nitriles is 1. The number of hydrogen-bond acceptors (Lipinski definition) is 4. The zero-order valence-electron chi connectivity index (χ0n) is 7.94. The molecule has 1 heterocycles. The van der Waals surface area contributed by atoms with Gasteiger partial charge in [-0.2, -0.15) is 10.2 Å². The lowest BCUT2D eigenvalue weighted by molar-refractivity contribution is 0.424. The van der Waals surface area contributed by atoms with Crippen molar-refractivity contribution in [3.63, 3.8) is 0 Å². The number of hydrogen-bond donors (Lipinski definition) is 0. The predicted octanol–water partition coefficient (Wildman–Crippen LogP) is 2.49. The van der Waals surface area contributed by atoms with E-state index in [1.807, 2.05) is 6.07 Å². The molecule has 4 nitrogen and oxygen atoms in total. The average molecular weight is 238 g/mol. The molecule has 2 rings (SSSR count). The van der Waals surface area contributed by atoms with E-state index in [0.717, 1.165) is 6.07 Å². The van der Waals surface area contributed by atoms with Gasteiger partial charge in [-0.1, -0.05) is 5.16 Å². The quantitative estimate of drug-likeness (QED) is 0.753. The van der Waals surface area contributed by atoms with Crippen molar-refractivity contribution in [1.82, 2.24) is 10.1 Å². The molecular formula is C10H5ClFN3O. The highest BCUT2D eigenvalue weighted by molar-refractivity contribution is 6.16. The molecule has 0 radical (unpaired) electrons. The first-order valence-electron chi connectivity index (χ1n) is 4.32. The van der Waals surface area contributed by atoms with Crippen molar-refractivity contribution in [1.29, 1.82) is 5.26 Å². The van der Waals surface area contributed by atoms with Gasteiger partial charge in [-0.25, -0.2) is 4.39 Å². The summed E-state index contributed by atoms with van der Waals surface area (Å²) in [6, 6.07) is 5.65. The van der Waals surface area contributed by atoms with Gasteiger partial charge in [0.2, 0.25) is 0 Å². The van der Waals surface area contributed by atoms with E-state index >= 15 is 0 Å². The molecule has 1 aromatic carbocycles. The molecule has 0 spiro atoms. The Morgan fingerprint density at radius 2 is 2.25 bits per heavy atom. The second kappa shape index (κ2) is 4.29. The van der Waals surface area contributed by atoms with Gasteiger partial charge in [0.15, 0.2) is 5.82 Å². The summed E-state index contributed by atoms with van der Waals surface area (Å²) in [4.78, 5) is 3.93. The highest BCUT2D eigenvalue weighted by Crippen LogP contribution is 2.20. The van der Waals surface area contributed by atoms with E-state index in [4.69, 9.17) is 21.4 Å². The topological polar surface area (TPSA) is 62.7 Å². The highest BCUT2D eigenvalue weighted by atomic mass is 35.5. The molecule has 0 N–H and O–H groups in total. The minimum absolute atomic E-state index is 0.115. The highest BCUT2D eigenvalue weighted by Gasteiger charge is 2.10. The summed E-state index contributed by atoms with van der Waals surface area (Å²) < 4.78 is 18.0. The van der Waals surface area contributed by atoms with E-state index in [2.05, 4.69) is 10.1 Å². The standard InChI is InChI=1S/C10H5ClFN3O/c11-4-9-14-10(16-15-9)7-1-6(5-13)2-8(12)3-7/h1-3H,4H2. The fourth-order valence-corrected chi connectivity index (χ4v) is 1.31. The molecule has 0 aliphatic carbocycles. The van der Waals surface area contributed by atoms with Gasteiger partial charge in [-0.15, -0.1) is 11.6 Å². The summed E-state index contributed by atoms with van der Waals surface area (Å²) in [6.07, 6.45) is 0. The maximum atomic E-state index is 13.1. The number of aromatic nitrogens is 2. The number of nitrogens with zero attached hydrogens (tertiary/aromatic N) is 3. The Bertz CT molecular complexity index is 561. The Kier molecular flexibility index (Phi) is 2.84. The number of rotatable bonds is 2. The van der Waals surface area contributed by atoms with Crippen molar-refractivity contribution < 1.29 is 8.91 Å². The van der Waals surface area contributed by atoms with Crippen LogP contribution < -0.4 is 0 Å². The molecule has 0 atom stereocenters. The van der Waals surface area contributed by atoms with Gasteiger partial charge in [0.25, 0.3) is 5.89 Å². The third-order valence-electron chi connectivity index (χ3n) is 1.86. The molecule has 0 aliphatic rings. The van der Waals surface area contributed by atoms with E-state index in [0.29, 0.717) is 11.4 Å². The van der Waals surface area contributed by atoms with Crippen LogP contribution in [-0.4, -0.2) is 10.1 Å². The van der Waals surface area contributed by atoms with Crippen LogP contribution in [0.1, 0.15) is 11.4 Å². The minimum atomic E-state index is -0.528. The van der Waals surface area contributed by atoms with E-state index in [1.54, 1.807) is 0 Å². The largest absolute Gasteiger partial charge is 0.334 e. The third-order valence-corrected chi connectivity index (χ3v) is 2.10. The van der Waals surface area contributed by atoms with Crippen molar-refractivity contribution in [3.8, 4) is 17.5 Å². The molecule has 0 saturated heterocycles. The maximum Gasteiger partial charge on any atom is 0.258 e. The Hall–Kier alpha value is -1.93. The van der Waals surface area contributed by atoms with Crippen LogP contribution in [0, 0.1) is 17.1 Å². The Morgan fingerprint density at radius 3 is 2.88 bits per heavy atom. The first kappa shape index (κ1) is 10.6. The predicted molar refractivity (Wildman–Crippen MR) is 54.0 cm³/mol. The molecule has 16 heavy (non-hydrogen) atoms. The summed E-state index contributed by atoms with van der Waals surface area (Å²) in [7, 11) is 0. The Balaban J connectivity index is 2.47. The molecule has 1 aromatic heterocycles. The van der Waals surface area contributed by atoms with Gasteiger partial charge in [-0.05, 0) is 18.2 Å². The van der Waals surface area contributed by atoms with E-state index in [-0.39, 0.29) is 17.3 Å². The summed E-state index contributed by atoms with van der Waals surface area (Å²) in [6.45, 7) is 0. The first-order chi connectivity index (χ1) is 7.72. The lowest BCUT2D eigenvalue weighted by atomic mass is 10.1. The molecule has 0 fully saturated rings. The molecule has 0 bridgehead atoms. The molecular weight excluding hydrogens is 233 g/mol. The third kappa shape index (κ3) is 2.02. The van der Waals surface area contributed by atoms with Crippen molar-refractivity contribution in [2.45, 2.75) is 5.88 Å². The van der Waals surface area contributed by atoms with E-state index in [9.17, 15) is 4.39 Å². The number of halogens is 2. The summed E-state index contributed by atoms with van der Waals surface area (Å²) in [5, 5.41) is 12.3. The SMILES string of the molecule is N#Cc1cc(F)cc(-c2nc(CCl)no2)c1. The molecule has 6 heteroatoms. The fraction of sp³-hybridized carbons (Fsp3) is 0.100. The lowest BCUT2D eigenvalue weighted by Gasteiger charge is -1.95. The molecule has 2 aromatic rings. The molecule has 0 amide bonds. The van der Waals surface area contributed by atoms with Gasteiger partial charge in [0, 0.05) is 5.56 Å². The number of alkyl halides is 1. The lowest BCUT2D eigenvalue weighted by Crippen LogP contribution is -1.85. The number of benzene rings is 1. The van der Waals surface area contributed by atoms with Crippen LogP contribution >= 0.6 is 11.6 Å². The molecule has 0 saturated carbocycles. The van der Waals surface area contributed by atoms with Gasteiger partial charge in [0.05, 0.1) is 17.5 Å². The van der Waals surface area contributed by atoms with E-state index < -0.39 is 5.82 Å². The smallest absolute Gasteiger partial charge is 0.258 e. The van der Waals surface area contributed by atoms with Crippen LogP contribution in [0.4, 0.5) is 4.39 Å². The van der Waals surface area contributed by atoms with Crippen LogP contribution in [0.15, 0.2) is 22.7 Å². The minimum Gasteiger partial charge on any atom is -0.334 e. The fourth-order valence-electron chi connectivity index (χ4n) is 1.20. The maximum absolute atomic E-state index is 13.1. The zero-order valence-corrected chi connectivity index (χ0v) is 8.70. The van der Waals surface area contributed by atoms with Gasteiger partial charge in [-0.3, -0.25) is 0 Å². The summed E-state index contributed by atoms with van der Waals surface area (Å²) >= 11 is 5.51. The average Bonchev–Trinajstić information content (AvgIpc) is 2.76. The monoisotopic (exact) mass is 237 g/mol. The molecule has 0 aliphatic heterocycles. The first-order valence-corrected chi connectivity index (χ1v) is 4.86. The summed E-state index contributed by atoms with van der Waals surface area (Å²) in [5.41, 5.74) is 0.557. The second-order valence-corrected chi connectivity index (χ2v) is 3.26. The zero-order chi connectivity index (χ0) is 11.5. The van der Waals surface area contributed by atoms with Gasteiger partial charge in [0.1, 0.15) is 5.82 Å². The van der Waals surface area contributed by atoms with Crippen LogP contribution in [0.3, 0.4) is 0 Å². The second-order valence-electron chi connectivity index (χ2n) is 2.99. The van der Waals surface area contributed by atoms with Crippen LogP contribution in [0.2, 0.25) is 0 Å². The Morgan fingerprint density at radius 1 is 1.44 bits per heavy atom. The van der Waals surface area contributed by atoms with Crippen LogP contribution in [-0.2, 0) is 5.88 Å². The van der Waals surface area contributed by atoms with Crippen LogP contribution in [0.25, 0.3) is 11.5 Å². The summed E-state index contributed by atoms with van der Waals surface area (Å²) in [5.74, 6) is 0.0509. The normalized spacial score (nSPS) is 10.1.